The van der Waals surface area contributed by atoms with Crippen molar-refractivity contribution in [2.45, 2.75) is 4.90 Å². The zero-order valence-electron chi connectivity index (χ0n) is 6.54. The van der Waals surface area contributed by atoms with Crippen molar-refractivity contribution in [3.05, 3.63) is 29.4 Å². The van der Waals surface area contributed by atoms with E-state index in [1.165, 1.54) is 0 Å². The predicted molar refractivity (Wildman–Crippen MR) is 54.8 cm³/mol. The molecule has 13 heavy (non-hydrogen) atoms. The summed E-state index contributed by atoms with van der Waals surface area (Å²) in [5.41, 5.74) is 0.891. The molecule has 0 radical (unpaired) electrons. The number of fused-ring (bicyclic) bond motifs is 1. The number of hydrogen-bond acceptors (Lipinski definition) is 2. The third kappa shape index (κ3) is 1.39. The predicted octanol–water partition coefficient (Wildman–Crippen LogP) is 3.39. The van der Waals surface area contributed by atoms with Crippen LogP contribution in [-0.2, 0) is 0 Å². The van der Waals surface area contributed by atoms with Crippen molar-refractivity contribution >= 4 is 34.3 Å². The average molecular weight is 209 g/mol. The number of rotatable bonds is 1. The van der Waals surface area contributed by atoms with E-state index < -0.39 is 0 Å². The minimum absolute atomic E-state index is 0.683. The maximum atomic E-state index is 8.53. The maximum absolute atomic E-state index is 8.53. The highest BCUT2D eigenvalue weighted by Gasteiger charge is 2.05. The van der Waals surface area contributed by atoms with Gasteiger partial charge >= 0.3 is 0 Å². The van der Waals surface area contributed by atoms with Crippen LogP contribution < -0.4 is 0 Å². The van der Waals surface area contributed by atoms with Crippen LogP contribution in [0.25, 0.3) is 10.9 Å². The van der Waals surface area contributed by atoms with Crippen molar-refractivity contribution in [3.8, 4) is 5.40 Å². The summed E-state index contributed by atoms with van der Waals surface area (Å²) in [6.45, 7) is 0. The quantitative estimate of drug-likeness (QED) is 0.576. The van der Waals surface area contributed by atoms with Gasteiger partial charge in [-0.05, 0) is 17.8 Å². The molecule has 1 aromatic heterocycles. The number of H-pyrrole nitrogens is 1. The summed E-state index contributed by atoms with van der Waals surface area (Å²) in [6, 6.07) is 5.64. The van der Waals surface area contributed by atoms with E-state index in [4.69, 9.17) is 16.9 Å². The maximum Gasteiger partial charge on any atom is 0.138 e. The Morgan fingerprint density at radius 3 is 3.08 bits per heavy atom. The van der Waals surface area contributed by atoms with Gasteiger partial charge in [0.25, 0.3) is 0 Å². The molecule has 0 amide bonds. The van der Waals surface area contributed by atoms with Crippen molar-refractivity contribution in [1.82, 2.24) is 4.98 Å². The summed E-state index contributed by atoms with van der Waals surface area (Å²) in [5, 5.41) is 12.2. The van der Waals surface area contributed by atoms with Crippen LogP contribution >= 0.6 is 23.4 Å². The molecule has 2 nitrogen and oxygen atoms in total. The van der Waals surface area contributed by atoms with Gasteiger partial charge in [0.05, 0.1) is 10.5 Å². The average Bonchev–Trinajstić information content (AvgIpc) is 2.51. The molecule has 0 saturated heterocycles. The summed E-state index contributed by atoms with van der Waals surface area (Å²) >= 11 is 7.08. The van der Waals surface area contributed by atoms with E-state index in [1.54, 1.807) is 6.20 Å². The molecule has 2 aromatic rings. The highest BCUT2D eigenvalue weighted by atomic mass is 35.5. The number of aromatic nitrogens is 1. The molecule has 64 valence electrons. The highest BCUT2D eigenvalue weighted by Crippen LogP contribution is 2.30. The van der Waals surface area contributed by atoms with Crippen LogP contribution in [0.4, 0.5) is 0 Å². The van der Waals surface area contributed by atoms with Gasteiger partial charge in [0.2, 0.25) is 0 Å². The van der Waals surface area contributed by atoms with E-state index in [2.05, 4.69) is 4.98 Å². The van der Waals surface area contributed by atoms with Gasteiger partial charge in [-0.1, -0.05) is 23.7 Å². The Labute approximate surface area is 84.5 Å². The Morgan fingerprint density at radius 1 is 1.46 bits per heavy atom. The van der Waals surface area contributed by atoms with E-state index >= 15 is 0 Å². The zero-order valence-corrected chi connectivity index (χ0v) is 8.12. The summed E-state index contributed by atoms with van der Waals surface area (Å²) < 4.78 is 0. The number of thioether (sulfide) groups is 1. The summed E-state index contributed by atoms with van der Waals surface area (Å²) in [5.74, 6) is 0. The van der Waals surface area contributed by atoms with Gasteiger partial charge in [0, 0.05) is 16.5 Å². The number of nitrogens with zero attached hydrogens (tertiary/aromatic N) is 1. The summed E-state index contributed by atoms with van der Waals surface area (Å²) in [6.07, 6.45) is 1.80. The standard InChI is InChI=1S/C9H5ClN2S/c10-7-3-1-2-6-8(13-5-11)4-12-9(6)7/h1-4,12H. The first kappa shape index (κ1) is 8.49. The van der Waals surface area contributed by atoms with Crippen molar-refractivity contribution in [2.75, 3.05) is 0 Å². The van der Waals surface area contributed by atoms with Gasteiger partial charge in [-0.3, -0.25) is 0 Å². The second kappa shape index (κ2) is 3.33. The lowest BCUT2D eigenvalue weighted by molar-refractivity contribution is 1.42. The van der Waals surface area contributed by atoms with Gasteiger partial charge < -0.3 is 4.98 Å². The lowest BCUT2D eigenvalue weighted by Crippen LogP contribution is -1.69. The Morgan fingerprint density at radius 2 is 2.31 bits per heavy atom. The minimum Gasteiger partial charge on any atom is -0.359 e. The fraction of sp³-hybridized carbons (Fsp3) is 0. The number of hydrogen-bond donors (Lipinski definition) is 1. The second-order valence-electron chi connectivity index (χ2n) is 2.51. The number of halogens is 1. The lowest BCUT2D eigenvalue weighted by atomic mass is 10.2. The Bertz CT molecular complexity index is 484. The molecule has 2 rings (SSSR count). The zero-order chi connectivity index (χ0) is 9.26. The van der Waals surface area contributed by atoms with Crippen molar-refractivity contribution in [1.29, 1.82) is 5.26 Å². The van der Waals surface area contributed by atoms with Crippen LogP contribution in [0, 0.1) is 10.7 Å². The normalized spacial score (nSPS) is 10.2. The van der Waals surface area contributed by atoms with Crippen molar-refractivity contribution in [3.63, 3.8) is 0 Å². The SMILES string of the molecule is N#CSc1c[nH]c2c(Cl)cccc12. The van der Waals surface area contributed by atoms with Gasteiger partial charge in [0.15, 0.2) is 0 Å². The molecule has 0 fully saturated rings. The first-order valence-electron chi connectivity index (χ1n) is 3.64. The fourth-order valence-electron chi connectivity index (χ4n) is 1.23. The summed E-state index contributed by atoms with van der Waals surface area (Å²) in [7, 11) is 0. The molecule has 1 N–H and O–H groups in total. The number of nitrogens with one attached hydrogen (secondary N) is 1. The number of nitriles is 1. The fourth-order valence-corrected chi connectivity index (χ4v) is 1.95. The summed E-state index contributed by atoms with van der Waals surface area (Å²) in [4.78, 5) is 3.95. The van der Waals surface area contributed by atoms with Gasteiger partial charge in [0.1, 0.15) is 5.40 Å². The Balaban J connectivity index is 2.70. The second-order valence-corrected chi connectivity index (χ2v) is 3.74. The molecule has 0 saturated carbocycles. The molecule has 4 heteroatoms. The molecule has 0 spiro atoms. The third-order valence-electron chi connectivity index (χ3n) is 1.78. The van der Waals surface area contributed by atoms with Crippen LogP contribution in [0.15, 0.2) is 29.3 Å². The first-order chi connectivity index (χ1) is 6.33. The largest absolute Gasteiger partial charge is 0.359 e. The first-order valence-corrected chi connectivity index (χ1v) is 4.84. The molecule has 0 aliphatic carbocycles. The molecule has 0 bridgehead atoms. The molecule has 0 aliphatic rings. The molecule has 1 heterocycles. The molecule has 1 aromatic carbocycles. The monoisotopic (exact) mass is 208 g/mol. The Kier molecular flexibility index (Phi) is 2.17. The number of thiocyanates is 1. The number of aromatic amines is 1. The van der Waals surface area contributed by atoms with E-state index in [9.17, 15) is 0 Å². The van der Waals surface area contributed by atoms with E-state index in [1.807, 2.05) is 23.6 Å². The number of benzene rings is 1. The van der Waals surface area contributed by atoms with Crippen LogP contribution in [0.2, 0.25) is 5.02 Å². The third-order valence-corrected chi connectivity index (χ3v) is 2.75. The Hall–Kier alpha value is -1.11. The molecule has 0 unspecified atom stereocenters. The van der Waals surface area contributed by atoms with E-state index in [-0.39, 0.29) is 0 Å². The smallest absolute Gasteiger partial charge is 0.138 e. The van der Waals surface area contributed by atoms with E-state index in [0.717, 1.165) is 27.6 Å². The lowest BCUT2D eigenvalue weighted by Gasteiger charge is -1.93. The minimum atomic E-state index is 0.683. The number of para-hydroxylation sites is 1. The van der Waals surface area contributed by atoms with Crippen LogP contribution in [0.5, 0.6) is 0 Å². The van der Waals surface area contributed by atoms with Crippen LogP contribution in [0.1, 0.15) is 0 Å². The van der Waals surface area contributed by atoms with Gasteiger partial charge in [-0.25, -0.2) is 0 Å². The van der Waals surface area contributed by atoms with Gasteiger partial charge in [-0.2, -0.15) is 5.26 Å². The molecule has 0 aliphatic heterocycles. The van der Waals surface area contributed by atoms with Crippen LogP contribution in [0.3, 0.4) is 0 Å². The molecular formula is C9H5ClN2S. The van der Waals surface area contributed by atoms with Gasteiger partial charge in [-0.15, -0.1) is 0 Å². The molecule has 0 atom stereocenters. The van der Waals surface area contributed by atoms with Crippen molar-refractivity contribution in [2.24, 2.45) is 0 Å². The topological polar surface area (TPSA) is 39.6 Å². The molecular weight excluding hydrogens is 204 g/mol. The van der Waals surface area contributed by atoms with Crippen LogP contribution in [-0.4, -0.2) is 4.98 Å². The van der Waals surface area contributed by atoms with Crippen molar-refractivity contribution < 1.29 is 0 Å². The van der Waals surface area contributed by atoms with E-state index in [0.29, 0.717) is 5.02 Å². The highest BCUT2D eigenvalue weighted by molar-refractivity contribution is 8.04.